The molecule has 0 radical (unpaired) electrons. The molecule has 1 heterocycles. The molecule has 0 spiro atoms. The minimum absolute atomic E-state index is 0.0454. The Morgan fingerprint density at radius 1 is 1.16 bits per heavy atom. The third kappa shape index (κ3) is 3.98. The Bertz CT molecular complexity index is 394. The van der Waals surface area contributed by atoms with Gasteiger partial charge in [-0.1, -0.05) is 19.8 Å². The number of carbonyl (C=O) groups excluding carboxylic acids is 1. The Morgan fingerprint density at radius 3 is 2.47 bits per heavy atom. The molecule has 0 unspecified atom stereocenters. The van der Waals surface area contributed by atoms with Gasteiger partial charge in [0.25, 0.3) is 5.91 Å². The maximum absolute atomic E-state index is 11.9. The Hall–Kier alpha value is -1.51. The molecular weight excluding hydrogens is 236 g/mol. The quantitative estimate of drug-likeness (QED) is 0.797. The highest BCUT2D eigenvalue weighted by Gasteiger charge is 2.12. The molecule has 2 rings (SSSR count). The van der Waals surface area contributed by atoms with Crippen LogP contribution in [0.2, 0.25) is 0 Å². The van der Waals surface area contributed by atoms with Gasteiger partial charge in [0.1, 0.15) is 0 Å². The zero-order valence-corrected chi connectivity index (χ0v) is 11.8. The summed E-state index contributed by atoms with van der Waals surface area (Å²) in [5.41, 5.74) is 2.00. The van der Waals surface area contributed by atoms with Gasteiger partial charge >= 0.3 is 0 Å². The molecule has 0 aliphatic carbocycles. The Morgan fingerprint density at radius 2 is 1.84 bits per heavy atom. The average Bonchev–Trinajstić information content (AvgIpc) is 2.98. The smallest absolute Gasteiger partial charge is 0.251 e. The van der Waals surface area contributed by atoms with Crippen LogP contribution in [0, 0.1) is 0 Å². The van der Waals surface area contributed by atoms with E-state index in [4.69, 9.17) is 0 Å². The van der Waals surface area contributed by atoms with Crippen LogP contribution in [0.15, 0.2) is 24.3 Å². The molecule has 1 amide bonds. The molecule has 0 saturated carbocycles. The Labute approximate surface area is 116 Å². The lowest BCUT2D eigenvalue weighted by molar-refractivity contribution is 0.0953. The Balaban J connectivity index is 1.85. The standard InChI is InChI=1S/C16H24N2O/c1-2-3-4-11-17-16(19)14-7-9-15(10-8-14)18-12-5-6-13-18/h7-10H,2-6,11-13H2,1H3,(H,17,19). The summed E-state index contributed by atoms with van der Waals surface area (Å²) in [6.45, 7) is 5.23. The number of nitrogens with one attached hydrogen (secondary N) is 1. The summed E-state index contributed by atoms with van der Waals surface area (Å²) in [6.07, 6.45) is 5.97. The molecule has 0 atom stereocenters. The van der Waals surface area contributed by atoms with E-state index in [0.29, 0.717) is 0 Å². The summed E-state index contributed by atoms with van der Waals surface area (Å²) in [5, 5.41) is 2.97. The van der Waals surface area contributed by atoms with Crippen molar-refractivity contribution in [2.75, 3.05) is 24.5 Å². The van der Waals surface area contributed by atoms with E-state index < -0.39 is 0 Å². The second-order valence-corrected chi connectivity index (χ2v) is 5.20. The molecule has 1 aromatic carbocycles. The predicted molar refractivity (Wildman–Crippen MR) is 79.7 cm³/mol. The van der Waals surface area contributed by atoms with Crippen LogP contribution < -0.4 is 10.2 Å². The molecule has 19 heavy (non-hydrogen) atoms. The normalized spacial score (nSPS) is 14.7. The SMILES string of the molecule is CCCCCNC(=O)c1ccc(N2CCCC2)cc1. The molecular formula is C16H24N2O. The molecule has 1 aromatic rings. The van der Waals surface area contributed by atoms with E-state index in [1.165, 1.54) is 31.4 Å². The van der Waals surface area contributed by atoms with Crippen molar-refractivity contribution >= 4 is 11.6 Å². The fourth-order valence-corrected chi connectivity index (χ4v) is 2.48. The molecule has 3 nitrogen and oxygen atoms in total. The second-order valence-electron chi connectivity index (χ2n) is 5.20. The summed E-state index contributed by atoms with van der Waals surface area (Å²) < 4.78 is 0. The van der Waals surface area contributed by atoms with E-state index in [1.807, 2.05) is 12.1 Å². The summed E-state index contributed by atoms with van der Waals surface area (Å²) in [7, 11) is 0. The molecule has 0 bridgehead atoms. The maximum atomic E-state index is 11.9. The number of hydrogen-bond donors (Lipinski definition) is 1. The molecule has 104 valence electrons. The largest absolute Gasteiger partial charge is 0.372 e. The Kier molecular flexibility index (Phi) is 5.25. The first-order valence-electron chi connectivity index (χ1n) is 7.44. The minimum atomic E-state index is 0.0454. The van der Waals surface area contributed by atoms with Crippen molar-refractivity contribution in [1.29, 1.82) is 0 Å². The number of carbonyl (C=O) groups is 1. The van der Waals surface area contributed by atoms with Crippen LogP contribution in [-0.2, 0) is 0 Å². The molecule has 0 aromatic heterocycles. The van der Waals surface area contributed by atoms with Crippen LogP contribution in [0.3, 0.4) is 0 Å². The van der Waals surface area contributed by atoms with Gasteiger partial charge in [0, 0.05) is 30.9 Å². The monoisotopic (exact) mass is 260 g/mol. The number of unbranched alkanes of at least 4 members (excludes halogenated alkanes) is 2. The van der Waals surface area contributed by atoms with Crippen molar-refractivity contribution in [1.82, 2.24) is 5.32 Å². The van der Waals surface area contributed by atoms with E-state index in [9.17, 15) is 4.79 Å². The highest BCUT2D eigenvalue weighted by Crippen LogP contribution is 2.20. The zero-order valence-electron chi connectivity index (χ0n) is 11.8. The van der Waals surface area contributed by atoms with Gasteiger partial charge in [-0.25, -0.2) is 0 Å². The van der Waals surface area contributed by atoms with E-state index in [1.54, 1.807) is 0 Å². The average molecular weight is 260 g/mol. The van der Waals surface area contributed by atoms with Crippen LogP contribution in [0.25, 0.3) is 0 Å². The lowest BCUT2D eigenvalue weighted by Gasteiger charge is -2.17. The van der Waals surface area contributed by atoms with Crippen LogP contribution >= 0.6 is 0 Å². The molecule has 1 fully saturated rings. The summed E-state index contributed by atoms with van der Waals surface area (Å²) in [6, 6.07) is 7.99. The highest BCUT2D eigenvalue weighted by atomic mass is 16.1. The van der Waals surface area contributed by atoms with Gasteiger partial charge in [-0.3, -0.25) is 4.79 Å². The first kappa shape index (κ1) is 13.9. The van der Waals surface area contributed by atoms with E-state index in [-0.39, 0.29) is 5.91 Å². The maximum Gasteiger partial charge on any atom is 0.251 e. The topological polar surface area (TPSA) is 32.3 Å². The van der Waals surface area contributed by atoms with Gasteiger partial charge in [0.2, 0.25) is 0 Å². The van der Waals surface area contributed by atoms with Crippen LogP contribution in [0.1, 0.15) is 49.4 Å². The number of rotatable bonds is 6. The third-order valence-electron chi connectivity index (χ3n) is 3.67. The lowest BCUT2D eigenvalue weighted by Crippen LogP contribution is -2.24. The van der Waals surface area contributed by atoms with Crippen molar-refractivity contribution in [2.24, 2.45) is 0 Å². The first-order chi connectivity index (χ1) is 9.31. The minimum Gasteiger partial charge on any atom is -0.372 e. The number of benzene rings is 1. The molecule has 3 heteroatoms. The van der Waals surface area contributed by atoms with Crippen LogP contribution in [-0.4, -0.2) is 25.5 Å². The van der Waals surface area contributed by atoms with Gasteiger partial charge in [-0.15, -0.1) is 0 Å². The van der Waals surface area contributed by atoms with E-state index in [2.05, 4.69) is 29.3 Å². The van der Waals surface area contributed by atoms with Gasteiger partial charge < -0.3 is 10.2 Å². The van der Waals surface area contributed by atoms with E-state index in [0.717, 1.165) is 31.6 Å². The van der Waals surface area contributed by atoms with Crippen molar-refractivity contribution in [3.05, 3.63) is 29.8 Å². The van der Waals surface area contributed by atoms with Gasteiger partial charge in [0.05, 0.1) is 0 Å². The first-order valence-corrected chi connectivity index (χ1v) is 7.44. The highest BCUT2D eigenvalue weighted by molar-refractivity contribution is 5.94. The number of nitrogens with zero attached hydrogens (tertiary/aromatic N) is 1. The van der Waals surface area contributed by atoms with Crippen molar-refractivity contribution in [3.63, 3.8) is 0 Å². The predicted octanol–water partition coefficient (Wildman–Crippen LogP) is 3.21. The number of hydrogen-bond acceptors (Lipinski definition) is 2. The van der Waals surface area contributed by atoms with Crippen molar-refractivity contribution < 1.29 is 4.79 Å². The van der Waals surface area contributed by atoms with Crippen molar-refractivity contribution in [3.8, 4) is 0 Å². The third-order valence-corrected chi connectivity index (χ3v) is 3.67. The molecule has 1 N–H and O–H groups in total. The molecule has 1 saturated heterocycles. The van der Waals surface area contributed by atoms with Gasteiger partial charge in [-0.2, -0.15) is 0 Å². The van der Waals surface area contributed by atoms with Crippen LogP contribution in [0.5, 0.6) is 0 Å². The summed E-state index contributed by atoms with van der Waals surface area (Å²) in [5.74, 6) is 0.0454. The summed E-state index contributed by atoms with van der Waals surface area (Å²) in [4.78, 5) is 14.3. The summed E-state index contributed by atoms with van der Waals surface area (Å²) >= 11 is 0. The second kappa shape index (κ2) is 7.17. The fourth-order valence-electron chi connectivity index (χ4n) is 2.48. The lowest BCUT2D eigenvalue weighted by atomic mass is 10.2. The van der Waals surface area contributed by atoms with Gasteiger partial charge in [0.15, 0.2) is 0 Å². The zero-order chi connectivity index (χ0) is 13.5. The number of amides is 1. The van der Waals surface area contributed by atoms with E-state index >= 15 is 0 Å². The van der Waals surface area contributed by atoms with Crippen LogP contribution in [0.4, 0.5) is 5.69 Å². The van der Waals surface area contributed by atoms with Crippen molar-refractivity contribution in [2.45, 2.75) is 39.0 Å². The fraction of sp³-hybridized carbons (Fsp3) is 0.562. The molecule has 1 aliphatic heterocycles. The van der Waals surface area contributed by atoms with Gasteiger partial charge in [-0.05, 0) is 43.5 Å². The number of anilines is 1. The molecule has 1 aliphatic rings.